The van der Waals surface area contributed by atoms with Crippen LogP contribution in [0.1, 0.15) is 25.3 Å². The first kappa shape index (κ1) is 18.0. The largest absolute Gasteiger partial charge is 0.406 e. The van der Waals surface area contributed by atoms with Gasteiger partial charge >= 0.3 is 6.18 Å². The van der Waals surface area contributed by atoms with Crippen molar-refractivity contribution in [3.8, 4) is 0 Å². The summed E-state index contributed by atoms with van der Waals surface area (Å²) < 4.78 is 52.3. The number of benzene rings is 1. The van der Waals surface area contributed by atoms with Gasteiger partial charge in [0.05, 0.1) is 0 Å². The van der Waals surface area contributed by atoms with Crippen LogP contribution in [0, 0.1) is 11.7 Å². The van der Waals surface area contributed by atoms with Crippen LogP contribution in [-0.4, -0.2) is 29.6 Å². The third-order valence-corrected chi connectivity index (χ3v) is 4.29. The van der Waals surface area contributed by atoms with Crippen molar-refractivity contribution < 1.29 is 22.4 Å². The van der Waals surface area contributed by atoms with Crippen molar-refractivity contribution in [2.75, 3.05) is 6.54 Å². The summed E-state index contributed by atoms with van der Waals surface area (Å²) in [6.07, 6.45) is -0.617. The maximum Gasteiger partial charge on any atom is 0.406 e. The molecule has 0 N–H and O–H groups in total. The molecule has 0 radical (unpaired) electrons. The fraction of sp³-hybridized carbons (Fsp3) is 0.438. The Kier molecular flexibility index (Phi) is 5.49. The van der Waals surface area contributed by atoms with Crippen LogP contribution >= 0.6 is 15.9 Å². The van der Waals surface area contributed by atoms with Gasteiger partial charge in [-0.05, 0) is 50.0 Å². The second-order valence-electron chi connectivity index (χ2n) is 5.66. The highest BCUT2D eigenvalue weighted by Gasteiger charge is 2.39. The molecule has 0 aromatic heterocycles. The van der Waals surface area contributed by atoms with E-state index >= 15 is 0 Å². The van der Waals surface area contributed by atoms with E-state index in [1.165, 1.54) is 24.3 Å². The van der Waals surface area contributed by atoms with Gasteiger partial charge in [-0.2, -0.15) is 13.2 Å². The first-order chi connectivity index (χ1) is 10.7. The Bertz CT molecular complexity index is 611. The number of halogens is 5. The molecular weight excluding hydrogens is 378 g/mol. The maximum absolute atomic E-state index is 13.6. The van der Waals surface area contributed by atoms with Crippen LogP contribution in [0.5, 0.6) is 0 Å². The lowest BCUT2D eigenvalue weighted by molar-refractivity contribution is -0.162. The van der Waals surface area contributed by atoms with Crippen LogP contribution in [0.3, 0.4) is 0 Å². The second-order valence-corrected chi connectivity index (χ2v) is 6.57. The molecule has 2 rings (SSSR count). The molecular formula is C16H16BrF4NO. The molecule has 1 aliphatic rings. The molecule has 1 aromatic rings. The zero-order valence-corrected chi connectivity index (χ0v) is 14.0. The molecule has 2 nitrogen and oxygen atoms in total. The maximum atomic E-state index is 13.6. The molecule has 126 valence electrons. The van der Waals surface area contributed by atoms with E-state index in [1.807, 2.05) is 0 Å². The first-order valence-electron chi connectivity index (χ1n) is 7.18. The molecule has 0 bridgehead atoms. The molecule has 0 aliphatic heterocycles. The minimum atomic E-state index is -4.46. The summed E-state index contributed by atoms with van der Waals surface area (Å²) >= 11 is 3.18. The van der Waals surface area contributed by atoms with E-state index in [0.717, 1.165) is 23.8 Å². The molecule has 1 aliphatic carbocycles. The van der Waals surface area contributed by atoms with Gasteiger partial charge in [0, 0.05) is 22.2 Å². The standard InChI is InChI=1S/C16H16BrF4NO/c1-10(11-2-3-11)22(9-16(19,20)21)15(23)7-4-12-8-13(17)5-6-14(12)18/h4-8,10-11H,2-3,9H2,1H3/b7-4+/t10-/m1/s1. The Morgan fingerprint density at radius 3 is 2.65 bits per heavy atom. The van der Waals surface area contributed by atoms with Gasteiger partial charge in [0.15, 0.2) is 0 Å². The summed E-state index contributed by atoms with van der Waals surface area (Å²) in [5, 5.41) is 0. The summed E-state index contributed by atoms with van der Waals surface area (Å²) in [6, 6.07) is 3.69. The van der Waals surface area contributed by atoms with Crippen LogP contribution in [0.25, 0.3) is 6.08 Å². The minimum absolute atomic E-state index is 0.109. The number of rotatable bonds is 5. The van der Waals surface area contributed by atoms with Gasteiger partial charge < -0.3 is 4.90 Å². The summed E-state index contributed by atoms with van der Waals surface area (Å²) in [4.78, 5) is 13.0. The van der Waals surface area contributed by atoms with Gasteiger partial charge in [-0.1, -0.05) is 15.9 Å². The van der Waals surface area contributed by atoms with Crippen molar-refractivity contribution in [2.24, 2.45) is 5.92 Å². The number of hydrogen-bond acceptors (Lipinski definition) is 1. The average Bonchev–Trinajstić information content (AvgIpc) is 3.28. The lowest BCUT2D eigenvalue weighted by Crippen LogP contribution is -2.44. The van der Waals surface area contributed by atoms with Crippen molar-refractivity contribution in [1.82, 2.24) is 4.90 Å². The van der Waals surface area contributed by atoms with Gasteiger partial charge in [0.2, 0.25) is 5.91 Å². The SMILES string of the molecule is C[C@H](C1CC1)N(CC(F)(F)F)C(=O)/C=C/c1cc(Br)ccc1F. The summed E-state index contributed by atoms with van der Waals surface area (Å²) in [5.41, 5.74) is 0.138. The van der Waals surface area contributed by atoms with E-state index < -0.39 is 30.5 Å². The summed E-state index contributed by atoms with van der Waals surface area (Å²) in [7, 11) is 0. The van der Waals surface area contributed by atoms with E-state index in [4.69, 9.17) is 0 Å². The molecule has 7 heteroatoms. The van der Waals surface area contributed by atoms with E-state index in [-0.39, 0.29) is 11.5 Å². The monoisotopic (exact) mass is 393 g/mol. The lowest BCUT2D eigenvalue weighted by Gasteiger charge is -2.29. The van der Waals surface area contributed by atoms with Crippen LogP contribution in [0.2, 0.25) is 0 Å². The quantitative estimate of drug-likeness (QED) is 0.520. The van der Waals surface area contributed by atoms with E-state index in [0.29, 0.717) is 4.47 Å². The Labute approximate surface area is 140 Å². The van der Waals surface area contributed by atoms with E-state index in [9.17, 15) is 22.4 Å². The number of hydrogen-bond donors (Lipinski definition) is 0. The molecule has 1 fully saturated rings. The third kappa shape index (κ3) is 5.34. The normalized spacial score (nSPS) is 16.6. The van der Waals surface area contributed by atoms with Crippen molar-refractivity contribution in [1.29, 1.82) is 0 Å². The highest BCUT2D eigenvalue weighted by atomic mass is 79.9. The second kappa shape index (κ2) is 7.03. The van der Waals surface area contributed by atoms with Gasteiger partial charge in [-0.25, -0.2) is 4.39 Å². The van der Waals surface area contributed by atoms with Gasteiger partial charge in [-0.3, -0.25) is 4.79 Å². The third-order valence-electron chi connectivity index (χ3n) is 3.79. The molecule has 0 spiro atoms. The predicted octanol–water partition coefficient (Wildman–Crippen LogP) is 4.79. The number of amides is 1. The molecule has 0 saturated heterocycles. The highest BCUT2D eigenvalue weighted by molar-refractivity contribution is 9.10. The topological polar surface area (TPSA) is 20.3 Å². The van der Waals surface area contributed by atoms with Crippen molar-refractivity contribution in [3.63, 3.8) is 0 Å². The van der Waals surface area contributed by atoms with Gasteiger partial charge in [0.25, 0.3) is 0 Å². The fourth-order valence-corrected chi connectivity index (χ4v) is 2.73. The number of nitrogens with zero attached hydrogens (tertiary/aromatic N) is 1. The summed E-state index contributed by atoms with van der Waals surface area (Å²) in [6.45, 7) is 0.323. The van der Waals surface area contributed by atoms with Gasteiger partial charge in [-0.15, -0.1) is 0 Å². The fourth-order valence-electron chi connectivity index (χ4n) is 2.35. The number of alkyl halides is 3. The van der Waals surface area contributed by atoms with E-state index in [1.54, 1.807) is 6.92 Å². The predicted molar refractivity (Wildman–Crippen MR) is 83.1 cm³/mol. The summed E-state index contributed by atoms with van der Waals surface area (Å²) in [5.74, 6) is -1.20. The van der Waals surface area contributed by atoms with Crippen LogP contribution in [0.4, 0.5) is 17.6 Å². The van der Waals surface area contributed by atoms with Crippen LogP contribution in [0.15, 0.2) is 28.7 Å². The zero-order chi connectivity index (χ0) is 17.2. The minimum Gasteiger partial charge on any atom is -0.327 e. The first-order valence-corrected chi connectivity index (χ1v) is 7.97. The molecule has 1 atom stereocenters. The van der Waals surface area contributed by atoms with Crippen LogP contribution < -0.4 is 0 Å². The Balaban J connectivity index is 2.16. The zero-order valence-electron chi connectivity index (χ0n) is 12.4. The van der Waals surface area contributed by atoms with Gasteiger partial charge in [0.1, 0.15) is 12.4 Å². The molecule has 1 saturated carbocycles. The average molecular weight is 394 g/mol. The van der Waals surface area contributed by atoms with Crippen LogP contribution in [-0.2, 0) is 4.79 Å². The molecule has 0 unspecified atom stereocenters. The van der Waals surface area contributed by atoms with Crippen molar-refractivity contribution >= 4 is 27.9 Å². The molecule has 23 heavy (non-hydrogen) atoms. The molecule has 0 heterocycles. The van der Waals surface area contributed by atoms with E-state index in [2.05, 4.69) is 15.9 Å². The number of carbonyl (C=O) groups excluding carboxylic acids is 1. The lowest BCUT2D eigenvalue weighted by atomic mass is 10.1. The Morgan fingerprint density at radius 1 is 1.43 bits per heavy atom. The smallest absolute Gasteiger partial charge is 0.327 e. The number of carbonyl (C=O) groups is 1. The Morgan fingerprint density at radius 2 is 2.09 bits per heavy atom. The molecule has 1 amide bonds. The molecule has 1 aromatic carbocycles. The highest BCUT2D eigenvalue weighted by Crippen LogP contribution is 2.36. The Hall–Kier alpha value is -1.37. The van der Waals surface area contributed by atoms with Crippen molar-refractivity contribution in [2.45, 2.75) is 32.0 Å². The van der Waals surface area contributed by atoms with Crippen molar-refractivity contribution in [3.05, 3.63) is 40.1 Å².